The first-order chi connectivity index (χ1) is 7.84. The van der Waals surface area contributed by atoms with Crippen molar-refractivity contribution in [3.8, 4) is 5.75 Å². The molecular weight excluding hydrogens is 216 g/mol. The normalized spacial score (nSPS) is 11.1. The molecule has 0 saturated heterocycles. The van der Waals surface area contributed by atoms with Gasteiger partial charge in [-0.25, -0.2) is 0 Å². The van der Waals surface area contributed by atoms with Crippen molar-refractivity contribution >= 4 is 5.91 Å². The molecule has 0 unspecified atom stereocenters. The zero-order valence-corrected chi connectivity index (χ0v) is 10.9. The van der Waals surface area contributed by atoms with Crippen LogP contribution in [0.2, 0.25) is 0 Å². The summed E-state index contributed by atoms with van der Waals surface area (Å²) in [6, 6.07) is 7.64. The van der Waals surface area contributed by atoms with Gasteiger partial charge in [0.05, 0.1) is 12.6 Å². The standard InChI is InChI=1S/C13H20N2O2/c1-13(2,14)12(16)15(3)9-10-6-5-7-11(8-10)17-4/h5-8H,9,14H2,1-4H3. The van der Waals surface area contributed by atoms with Crippen LogP contribution in [0.4, 0.5) is 0 Å². The van der Waals surface area contributed by atoms with Crippen LogP contribution in [0.1, 0.15) is 19.4 Å². The van der Waals surface area contributed by atoms with Gasteiger partial charge in [0.1, 0.15) is 5.75 Å². The van der Waals surface area contributed by atoms with E-state index in [0.29, 0.717) is 6.54 Å². The van der Waals surface area contributed by atoms with Crippen molar-refractivity contribution in [2.45, 2.75) is 25.9 Å². The van der Waals surface area contributed by atoms with Gasteiger partial charge in [0.15, 0.2) is 0 Å². The molecule has 17 heavy (non-hydrogen) atoms. The van der Waals surface area contributed by atoms with Gasteiger partial charge < -0.3 is 15.4 Å². The summed E-state index contributed by atoms with van der Waals surface area (Å²) in [4.78, 5) is 13.5. The Balaban J connectivity index is 2.74. The van der Waals surface area contributed by atoms with Gasteiger partial charge in [0, 0.05) is 13.6 Å². The highest BCUT2D eigenvalue weighted by molar-refractivity contribution is 5.84. The summed E-state index contributed by atoms with van der Waals surface area (Å²) in [5.41, 5.74) is 5.95. The number of nitrogens with zero attached hydrogens (tertiary/aromatic N) is 1. The molecule has 1 amide bonds. The highest BCUT2D eigenvalue weighted by Crippen LogP contribution is 2.15. The van der Waals surface area contributed by atoms with E-state index in [-0.39, 0.29) is 5.91 Å². The summed E-state index contributed by atoms with van der Waals surface area (Å²) >= 11 is 0. The molecule has 4 heteroatoms. The van der Waals surface area contributed by atoms with Gasteiger partial charge in [-0.1, -0.05) is 12.1 Å². The summed E-state index contributed by atoms with van der Waals surface area (Å²) < 4.78 is 5.14. The molecule has 0 spiro atoms. The second-order valence-corrected chi connectivity index (χ2v) is 4.73. The number of nitrogens with two attached hydrogens (primary N) is 1. The molecule has 0 saturated carbocycles. The number of hydrogen-bond donors (Lipinski definition) is 1. The summed E-state index contributed by atoms with van der Waals surface area (Å²) in [7, 11) is 3.37. The molecular formula is C13H20N2O2. The van der Waals surface area contributed by atoms with Gasteiger partial charge in [0.25, 0.3) is 0 Å². The van der Waals surface area contributed by atoms with Crippen LogP contribution in [0, 0.1) is 0 Å². The minimum absolute atomic E-state index is 0.0830. The Bertz CT molecular complexity index is 397. The third kappa shape index (κ3) is 3.75. The Labute approximate surface area is 102 Å². The third-order valence-electron chi connectivity index (χ3n) is 2.45. The lowest BCUT2D eigenvalue weighted by molar-refractivity contribution is -0.135. The number of rotatable bonds is 4. The van der Waals surface area contributed by atoms with Crippen LogP contribution < -0.4 is 10.5 Å². The van der Waals surface area contributed by atoms with Gasteiger partial charge in [-0.3, -0.25) is 4.79 Å². The zero-order valence-electron chi connectivity index (χ0n) is 10.9. The number of carbonyl (C=O) groups is 1. The minimum Gasteiger partial charge on any atom is -0.497 e. The van der Waals surface area contributed by atoms with Crippen molar-refractivity contribution in [2.24, 2.45) is 5.73 Å². The van der Waals surface area contributed by atoms with E-state index in [4.69, 9.17) is 10.5 Å². The highest BCUT2D eigenvalue weighted by atomic mass is 16.5. The van der Waals surface area contributed by atoms with E-state index in [1.807, 2.05) is 24.3 Å². The average Bonchev–Trinajstić information content (AvgIpc) is 2.27. The van der Waals surface area contributed by atoms with Crippen molar-refractivity contribution in [3.05, 3.63) is 29.8 Å². The fourth-order valence-electron chi connectivity index (χ4n) is 1.61. The Morgan fingerprint density at radius 1 is 1.47 bits per heavy atom. The number of methoxy groups -OCH3 is 1. The Hall–Kier alpha value is -1.55. The summed E-state index contributed by atoms with van der Waals surface area (Å²) in [5, 5.41) is 0. The molecule has 1 rings (SSSR count). The van der Waals surface area contributed by atoms with Crippen LogP contribution in [0.3, 0.4) is 0 Å². The number of amides is 1. The molecule has 0 fully saturated rings. The number of benzene rings is 1. The smallest absolute Gasteiger partial charge is 0.242 e. The van der Waals surface area contributed by atoms with Crippen LogP contribution >= 0.6 is 0 Å². The van der Waals surface area contributed by atoms with Gasteiger partial charge in [-0.05, 0) is 31.5 Å². The van der Waals surface area contributed by atoms with Gasteiger partial charge >= 0.3 is 0 Å². The molecule has 4 nitrogen and oxygen atoms in total. The maximum Gasteiger partial charge on any atom is 0.242 e. The first-order valence-corrected chi connectivity index (χ1v) is 5.52. The van der Waals surface area contributed by atoms with Crippen molar-refractivity contribution in [1.82, 2.24) is 4.90 Å². The van der Waals surface area contributed by atoms with Crippen LogP contribution in [-0.2, 0) is 11.3 Å². The maximum absolute atomic E-state index is 11.9. The summed E-state index contributed by atoms with van der Waals surface area (Å²) in [6.45, 7) is 3.94. The lowest BCUT2D eigenvalue weighted by atomic mass is 10.1. The quantitative estimate of drug-likeness (QED) is 0.859. The monoisotopic (exact) mass is 236 g/mol. The molecule has 0 atom stereocenters. The van der Waals surface area contributed by atoms with Gasteiger partial charge in [-0.2, -0.15) is 0 Å². The molecule has 94 valence electrons. The fourth-order valence-corrected chi connectivity index (χ4v) is 1.61. The lowest BCUT2D eigenvalue weighted by Crippen LogP contribution is -2.49. The molecule has 0 bridgehead atoms. The lowest BCUT2D eigenvalue weighted by Gasteiger charge is -2.26. The van der Waals surface area contributed by atoms with Crippen LogP contribution in [-0.4, -0.2) is 30.5 Å². The maximum atomic E-state index is 11.9. The summed E-state index contributed by atoms with van der Waals surface area (Å²) in [5.74, 6) is 0.704. The highest BCUT2D eigenvalue weighted by Gasteiger charge is 2.25. The van der Waals surface area contributed by atoms with Gasteiger partial charge in [-0.15, -0.1) is 0 Å². The number of ether oxygens (including phenoxy) is 1. The minimum atomic E-state index is -0.840. The summed E-state index contributed by atoms with van der Waals surface area (Å²) in [6.07, 6.45) is 0. The van der Waals surface area contributed by atoms with Crippen molar-refractivity contribution in [2.75, 3.05) is 14.2 Å². The molecule has 1 aromatic carbocycles. The van der Waals surface area contributed by atoms with Gasteiger partial charge in [0.2, 0.25) is 5.91 Å². The second-order valence-electron chi connectivity index (χ2n) is 4.73. The van der Waals surface area contributed by atoms with Crippen LogP contribution in [0.5, 0.6) is 5.75 Å². The molecule has 0 heterocycles. The molecule has 0 aliphatic heterocycles. The molecule has 0 radical (unpaired) electrons. The molecule has 0 aromatic heterocycles. The first-order valence-electron chi connectivity index (χ1n) is 5.52. The van der Waals surface area contributed by atoms with Crippen molar-refractivity contribution in [3.63, 3.8) is 0 Å². The molecule has 1 aromatic rings. The Morgan fingerprint density at radius 3 is 2.65 bits per heavy atom. The number of likely N-dealkylation sites (N-methyl/N-ethyl adjacent to an activating group) is 1. The third-order valence-corrected chi connectivity index (χ3v) is 2.45. The Kier molecular flexibility index (Phi) is 4.12. The van der Waals surface area contributed by atoms with E-state index in [1.54, 1.807) is 32.9 Å². The van der Waals surface area contributed by atoms with E-state index >= 15 is 0 Å². The van der Waals surface area contributed by atoms with E-state index in [1.165, 1.54) is 0 Å². The van der Waals surface area contributed by atoms with E-state index in [9.17, 15) is 4.79 Å². The molecule has 0 aliphatic rings. The largest absolute Gasteiger partial charge is 0.497 e. The topological polar surface area (TPSA) is 55.6 Å². The van der Waals surface area contributed by atoms with E-state index in [0.717, 1.165) is 11.3 Å². The van der Waals surface area contributed by atoms with Crippen molar-refractivity contribution in [1.29, 1.82) is 0 Å². The zero-order chi connectivity index (χ0) is 13.1. The van der Waals surface area contributed by atoms with E-state index < -0.39 is 5.54 Å². The Morgan fingerprint density at radius 2 is 2.12 bits per heavy atom. The van der Waals surface area contributed by atoms with Crippen LogP contribution in [0.15, 0.2) is 24.3 Å². The number of hydrogen-bond acceptors (Lipinski definition) is 3. The molecule has 0 aliphatic carbocycles. The SMILES string of the molecule is COc1cccc(CN(C)C(=O)C(C)(C)N)c1. The number of carbonyl (C=O) groups excluding carboxylic acids is 1. The van der Waals surface area contributed by atoms with Crippen LogP contribution in [0.25, 0.3) is 0 Å². The second kappa shape index (κ2) is 5.19. The van der Waals surface area contributed by atoms with Crippen molar-refractivity contribution < 1.29 is 9.53 Å². The predicted octanol–water partition coefficient (Wildman–Crippen LogP) is 1.39. The predicted molar refractivity (Wildman–Crippen MR) is 67.7 cm³/mol. The van der Waals surface area contributed by atoms with E-state index in [2.05, 4.69) is 0 Å². The fraction of sp³-hybridized carbons (Fsp3) is 0.462. The first kappa shape index (κ1) is 13.5. The molecule has 2 N–H and O–H groups in total. The average molecular weight is 236 g/mol.